The molecule has 1 aromatic heterocycles. The van der Waals surface area contributed by atoms with Gasteiger partial charge in [0.25, 0.3) is 5.91 Å². The fourth-order valence-corrected chi connectivity index (χ4v) is 2.10. The summed E-state index contributed by atoms with van der Waals surface area (Å²) in [6, 6.07) is 13.7. The van der Waals surface area contributed by atoms with Gasteiger partial charge in [0, 0.05) is 39.1 Å². The fourth-order valence-electron chi connectivity index (χ4n) is 2.10. The maximum atomic E-state index is 12.2. The predicted molar refractivity (Wildman–Crippen MR) is 104 cm³/mol. The summed E-state index contributed by atoms with van der Waals surface area (Å²) in [6.07, 6.45) is 1.63. The van der Waals surface area contributed by atoms with Crippen LogP contribution in [0, 0.1) is 0 Å². The Morgan fingerprint density at radius 1 is 1.08 bits per heavy atom. The van der Waals surface area contributed by atoms with Gasteiger partial charge in [-0.2, -0.15) is 0 Å². The molecule has 0 aliphatic rings. The quantitative estimate of drug-likeness (QED) is 0.848. The van der Waals surface area contributed by atoms with Gasteiger partial charge in [-0.25, -0.2) is 4.98 Å². The van der Waals surface area contributed by atoms with Crippen LogP contribution in [0.5, 0.6) is 0 Å². The Hall–Kier alpha value is -1.82. The molecule has 7 heteroatoms. The molecule has 0 bridgehead atoms. The Morgan fingerprint density at radius 2 is 1.75 bits per heavy atom. The lowest BCUT2D eigenvalue weighted by Crippen LogP contribution is -2.32. The third-order valence-corrected chi connectivity index (χ3v) is 3.53. The van der Waals surface area contributed by atoms with Crippen molar-refractivity contribution in [2.75, 3.05) is 39.1 Å². The van der Waals surface area contributed by atoms with Crippen molar-refractivity contribution >= 4 is 42.2 Å². The molecule has 0 saturated carbocycles. The van der Waals surface area contributed by atoms with E-state index >= 15 is 0 Å². The summed E-state index contributed by atoms with van der Waals surface area (Å²) in [5.41, 5.74) is 1.66. The molecule has 1 aromatic carbocycles. The largest absolute Gasteiger partial charge is 0.340 e. The van der Waals surface area contributed by atoms with Crippen LogP contribution in [0.4, 0.5) is 11.5 Å². The van der Waals surface area contributed by atoms with E-state index in [0.717, 1.165) is 18.1 Å². The number of benzene rings is 1. The summed E-state index contributed by atoms with van der Waals surface area (Å²) in [5.74, 6) is 0.789. The minimum Gasteiger partial charge on any atom is -0.340 e. The maximum Gasteiger partial charge on any atom is 0.255 e. The van der Waals surface area contributed by atoms with Gasteiger partial charge in [0.1, 0.15) is 5.82 Å². The monoisotopic (exact) mass is 370 g/mol. The van der Waals surface area contributed by atoms with Crippen LogP contribution in [-0.4, -0.2) is 50.0 Å². The molecule has 24 heavy (non-hydrogen) atoms. The first-order valence-corrected chi connectivity index (χ1v) is 7.28. The molecule has 2 rings (SSSR count). The number of likely N-dealkylation sites (N-methyl/N-ethyl adjacent to an activating group) is 2. The number of nitrogens with zero attached hydrogens (tertiary/aromatic N) is 3. The van der Waals surface area contributed by atoms with Gasteiger partial charge in [-0.15, -0.1) is 24.8 Å². The molecule has 0 atom stereocenters. The van der Waals surface area contributed by atoms with E-state index < -0.39 is 0 Å². The molecule has 0 saturated heterocycles. The molecular weight excluding hydrogens is 347 g/mol. The van der Waals surface area contributed by atoms with Crippen molar-refractivity contribution in [3.05, 3.63) is 54.2 Å². The molecular formula is C17H24Cl2N4O. The third-order valence-electron chi connectivity index (χ3n) is 3.53. The van der Waals surface area contributed by atoms with Crippen molar-refractivity contribution in [2.24, 2.45) is 0 Å². The molecule has 2 aromatic rings. The third kappa shape index (κ3) is 5.67. The molecule has 0 fully saturated rings. The van der Waals surface area contributed by atoms with E-state index in [1.165, 1.54) is 0 Å². The molecule has 1 N–H and O–H groups in total. The number of rotatable bonds is 6. The van der Waals surface area contributed by atoms with Gasteiger partial charge in [0.2, 0.25) is 0 Å². The Labute approximate surface area is 155 Å². The molecule has 0 aliphatic heterocycles. The molecule has 0 radical (unpaired) electrons. The zero-order valence-corrected chi connectivity index (χ0v) is 15.7. The standard InChI is InChI=1S/C17H22N4O.2ClH/c1-18-11-12-20(2)17(22)14-9-10-16(19-13-14)21(3)15-7-5-4-6-8-15;;/h4-10,13,18H,11-12H2,1-3H3;2*1H. The highest BCUT2D eigenvalue weighted by atomic mass is 35.5. The summed E-state index contributed by atoms with van der Waals surface area (Å²) in [5, 5.41) is 3.03. The highest BCUT2D eigenvalue weighted by Gasteiger charge is 2.12. The second-order valence-corrected chi connectivity index (χ2v) is 5.13. The molecule has 5 nitrogen and oxygen atoms in total. The van der Waals surface area contributed by atoms with Crippen LogP contribution in [0.1, 0.15) is 10.4 Å². The lowest BCUT2D eigenvalue weighted by atomic mass is 10.2. The van der Waals surface area contributed by atoms with E-state index in [1.807, 2.05) is 61.5 Å². The van der Waals surface area contributed by atoms with Gasteiger partial charge in [0.05, 0.1) is 5.56 Å². The zero-order chi connectivity index (χ0) is 15.9. The molecule has 1 heterocycles. The summed E-state index contributed by atoms with van der Waals surface area (Å²) in [4.78, 5) is 20.3. The van der Waals surface area contributed by atoms with Gasteiger partial charge in [-0.05, 0) is 31.3 Å². The smallest absolute Gasteiger partial charge is 0.255 e. The van der Waals surface area contributed by atoms with Crippen LogP contribution in [0.15, 0.2) is 48.7 Å². The SMILES string of the molecule is CNCCN(C)C(=O)c1ccc(N(C)c2ccccc2)nc1.Cl.Cl. The van der Waals surface area contributed by atoms with Crippen LogP contribution in [0.25, 0.3) is 0 Å². The van der Waals surface area contributed by atoms with Gasteiger partial charge < -0.3 is 15.1 Å². The number of pyridine rings is 1. The number of carbonyl (C=O) groups is 1. The average molecular weight is 371 g/mol. The van der Waals surface area contributed by atoms with Gasteiger partial charge >= 0.3 is 0 Å². The number of amides is 1. The van der Waals surface area contributed by atoms with E-state index in [-0.39, 0.29) is 30.7 Å². The number of halogens is 2. The van der Waals surface area contributed by atoms with Crippen molar-refractivity contribution in [3.63, 3.8) is 0 Å². The topological polar surface area (TPSA) is 48.5 Å². The van der Waals surface area contributed by atoms with Crippen LogP contribution < -0.4 is 10.2 Å². The predicted octanol–water partition coefficient (Wildman–Crippen LogP) is 2.98. The summed E-state index contributed by atoms with van der Waals surface area (Å²) >= 11 is 0. The van der Waals surface area contributed by atoms with Crippen LogP contribution in [0.3, 0.4) is 0 Å². The van der Waals surface area contributed by atoms with E-state index in [1.54, 1.807) is 18.1 Å². The second-order valence-electron chi connectivity index (χ2n) is 5.13. The molecule has 0 spiro atoms. The van der Waals surface area contributed by atoms with Crippen LogP contribution >= 0.6 is 24.8 Å². The highest BCUT2D eigenvalue weighted by Crippen LogP contribution is 2.21. The first-order chi connectivity index (χ1) is 10.6. The van der Waals surface area contributed by atoms with E-state index in [4.69, 9.17) is 0 Å². The van der Waals surface area contributed by atoms with Crippen molar-refractivity contribution in [1.82, 2.24) is 15.2 Å². The highest BCUT2D eigenvalue weighted by molar-refractivity contribution is 5.94. The Balaban J connectivity index is 0.00000264. The lowest BCUT2D eigenvalue weighted by Gasteiger charge is -2.19. The zero-order valence-electron chi connectivity index (χ0n) is 14.1. The summed E-state index contributed by atoms with van der Waals surface area (Å²) in [7, 11) is 5.62. The second kappa shape index (κ2) is 10.9. The van der Waals surface area contributed by atoms with Crippen molar-refractivity contribution in [1.29, 1.82) is 0 Å². The number of hydrogen-bond acceptors (Lipinski definition) is 4. The van der Waals surface area contributed by atoms with E-state index in [0.29, 0.717) is 12.1 Å². The first-order valence-electron chi connectivity index (χ1n) is 7.28. The normalized spacial score (nSPS) is 9.46. The van der Waals surface area contributed by atoms with Gasteiger partial charge in [0.15, 0.2) is 0 Å². The Morgan fingerprint density at radius 3 is 2.29 bits per heavy atom. The summed E-state index contributed by atoms with van der Waals surface area (Å²) < 4.78 is 0. The molecule has 1 amide bonds. The minimum absolute atomic E-state index is 0. The maximum absolute atomic E-state index is 12.2. The number of carbonyl (C=O) groups excluding carboxylic acids is 1. The number of nitrogens with one attached hydrogen (secondary N) is 1. The van der Waals surface area contributed by atoms with Gasteiger partial charge in [-0.3, -0.25) is 4.79 Å². The molecule has 132 valence electrons. The number of anilines is 2. The van der Waals surface area contributed by atoms with Crippen molar-refractivity contribution in [2.45, 2.75) is 0 Å². The summed E-state index contributed by atoms with van der Waals surface area (Å²) in [6.45, 7) is 1.44. The van der Waals surface area contributed by atoms with E-state index in [2.05, 4.69) is 10.3 Å². The molecule has 0 aliphatic carbocycles. The van der Waals surface area contributed by atoms with Crippen molar-refractivity contribution in [3.8, 4) is 0 Å². The fraction of sp³-hybridized carbons (Fsp3) is 0.294. The minimum atomic E-state index is -0.0170. The average Bonchev–Trinajstić information content (AvgIpc) is 2.59. The van der Waals surface area contributed by atoms with Crippen molar-refractivity contribution < 1.29 is 4.79 Å². The number of aromatic nitrogens is 1. The van der Waals surface area contributed by atoms with Crippen LogP contribution in [0.2, 0.25) is 0 Å². The number of hydrogen-bond donors (Lipinski definition) is 1. The number of para-hydroxylation sites is 1. The molecule has 0 unspecified atom stereocenters. The first kappa shape index (κ1) is 22.2. The van der Waals surface area contributed by atoms with Crippen LogP contribution in [-0.2, 0) is 0 Å². The Kier molecular flexibility index (Phi) is 10.0. The lowest BCUT2D eigenvalue weighted by molar-refractivity contribution is 0.0796. The van der Waals surface area contributed by atoms with E-state index in [9.17, 15) is 4.79 Å². The Bertz CT molecular complexity index is 608. The van der Waals surface area contributed by atoms with Gasteiger partial charge in [-0.1, -0.05) is 18.2 Å².